The fourth-order valence-corrected chi connectivity index (χ4v) is 1.13. The number of aliphatic hydroxyl groups excluding tert-OH is 1. The van der Waals surface area contributed by atoms with Crippen LogP contribution in [0, 0.1) is 5.92 Å². The molecule has 2 unspecified atom stereocenters. The van der Waals surface area contributed by atoms with Crippen LogP contribution >= 0.6 is 12.6 Å². The molecule has 0 aliphatic heterocycles. The van der Waals surface area contributed by atoms with E-state index in [9.17, 15) is 0 Å². The second-order valence-corrected chi connectivity index (χ2v) is 3.40. The summed E-state index contributed by atoms with van der Waals surface area (Å²) in [7, 11) is 0. The molecule has 0 bridgehead atoms. The molecule has 1 saturated carbocycles. The third-order valence-corrected chi connectivity index (χ3v) is 2.18. The predicted octanol–water partition coefficient (Wildman–Crippen LogP) is 0.362. The molecule has 0 radical (unpaired) electrons. The first-order chi connectivity index (χ1) is 4.20. The largest absolute Gasteiger partial charge is 0.378 e. The highest BCUT2D eigenvalue weighted by Gasteiger charge is 2.25. The lowest BCUT2D eigenvalue weighted by atomic mass is 10.2. The number of hydrogen-bond acceptors (Lipinski definition) is 3. The molecule has 2 nitrogen and oxygen atoms in total. The molecular formula is C6H13NOS. The molecular weight excluding hydrogens is 134 g/mol. The molecule has 9 heavy (non-hydrogen) atoms. The van der Waals surface area contributed by atoms with Crippen LogP contribution < -0.4 is 5.73 Å². The fourth-order valence-electron chi connectivity index (χ4n) is 0.835. The smallest absolute Gasteiger partial charge is 0.114 e. The maximum absolute atomic E-state index is 8.80. The van der Waals surface area contributed by atoms with Crippen molar-refractivity contribution < 1.29 is 5.11 Å². The lowest BCUT2D eigenvalue weighted by Crippen LogP contribution is -2.30. The Morgan fingerprint density at radius 3 is 2.56 bits per heavy atom. The Hall–Kier alpha value is 0.270. The van der Waals surface area contributed by atoms with E-state index in [4.69, 9.17) is 10.8 Å². The second kappa shape index (κ2) is 2.90. The van der Waals surface area contributed by atoms with Crippen LogP contribution in [-0.2, 0) is 0 Å². The number of hydrogen-bond donors (Lipinski definition) is 3. The van der Waals surface area contributed by atoms with E-state index in [1.807, 2.05) is 0 Å². The van der Waals surface area contributed by atoms with E-state index in [0.717, 1.165) is 12.3 Å². The Balaban J connectivity index is 2.09. The lowest BCUT2D eigenvalue weighted by Gasteiger charge is -2.11. The van der Waals surface area contributed by atoms with Gasteiger partial charge in [0.15, 0.2) is 0 Å². The average Bonchev–Trinajstić information content (AvgIpc) is 2.50. The van der Waals surface area contributed by atoms with Gasteiger partial charge in [0.2, 0.25) is 0 Å². The van der Waals surface area contributed by atoms with Crippen LogP contribution in [0.1, 0.15) is 19.3 Å². The Morgan fingerprint density at radius 2 is 2.22 bits per heavy atom. The second-order valence-electron chi connectivity index (χ2n) is 2.74. The van der Waals surface area contributed by atoms with Crippen LogP contribution in [-0.4, -0.2) is 16.6 Å². The van der Waals surface area contributed by atoms with Gasteiger partial charge in [0.05, 0.1) is 0 Å². The zero-order valence-corrected chi connectivity index (χ0v) is 6.22. The summed E-state index contributed by atoms with van der Waals surface area (Å²) >= 11 is 4.13. The standard InChI is InChI=1S/C6H13NOS/c7-6(8)5(9)3-4-1-2-4/h4-6,8-9H,1-3,7H2. The van der Waals surface area contributed by atoms with Crippen LogP contribution in [0.4, 0.5) is 0 Å². The summed E-state index contributed by atoms with van der Waals surface area (Å²) in [4.78, 5) is 0. The van der Waals surface area contributed by atoms with Crippen molar-refractivity contribution >= 4 is 12.6 Å². The minimum Gasteiger partial charge on any atom is -0.378 e. The van der Waals surface area contributed by atoms with Gasteiger partial charge in [-0.3, -0.25) is 0 Å². The molecule has 54 valence electrons. The summed E-state index contributed by atoms with van der Waals surface area (Å²) in [5.74, 6) is 0.797. The van der Waals surface area contributed by atoms with E-state index >= 15 is 0 Å². The van der Waals surface area contributed by atoms with E-state index < -0.39 is 6.23 Å². The SMILES string of the molecule is NC(O)C(S)CC1CC1. The van der Waals surface area contributed by atoms with Crippen molar-refractivity contribution in [2.45, 2.75) is 30.7 Å². The first-order valence-corrected chi connectivity index (χ1v) is 3.83. The fraction of sp³-hybridized carbons (Fsp3) is 1.00. The van der Waals surface area contributed by atoms with Gasteiger partial charge in [-0.25, -0.2) is 0 Å². The number of rotatable bonds is 3. The number of thiol groups is 1. The lowest BCUT2D eigenvalue weighted by molar-refractivity contribution is 0.174. The molecule has 3 heteroatoms. The minimum absolute atomic E-state index is 0.0162. The van der Waals surface area contributed by atoms with Gasteiger partial charge in [-0.05, 0) is 12.3 Å². The topological polar surface area (TPSA) is 46.2 Å². The highest BCUT2D eigenvalue weighted by molar-refractivity contribution is 7.81. The van der Waals surface area contributed by atoms with Crippen molar-refractivity contribution in [3.05, 3.63) is 0 Å². The van der Waals surface area contributed by atoms with Crippen LogP contribution in [0.3, 0.4) is 0 Å². The van der Waals surface area contributed by atoms with Gasteiger partial charge in [-0.2, -0.15) is 12.6 Å². The Morgan fingerprint density at radius 1 is 1.67 bits per heavy atom. The third kappa shape index (κ3) is 2.56. The summed E-state index contributed by atoms with van der Waals surface area (Å²) in [6, 6.07) is 0. The van der Waals surface area contributed by atoms with Gasteiger partial charge in [0.25, 0.3) is 0 Å². The summed E-state index contributed by atoms with van der Waals surface area (Å²) in [6.45, 7) is 0. The van der Waals surface area contributed by atoms with Gasteiger partial charge in [0, 0.05) is 5.25 Å². The molecule has 2 atom stereocenters. The van der Waals surface area contributed by atoms with Crippen molar-refractivity contribution in [3.8, 4) is 0 Å². The molecule has 0 aromatic rings. The van der Waals surface area contributed by atoms with Crippen molar-refractivity contribution in [2.75, 3.05) is 0 Å². The average molecular weight is 147 g/mol. The summed E-state index contributed by atoms with van der Waals surface area (Å²) in [6.07, 6.45) is 2.82. The van der Waals surface area contributed by atoms with Crippen LogP contribution in [0.2, 0.25) is 0 Å². The van der Waals surface area contributed by atoms with Gasteiger partial charge in [-0.15, -0.1) is 0 Å². The van der Waals surface area contributed by atoms with E-state index in [1.54, 1.807) is 0 Å². The molecule has 1 fully saturated rings. The van der Waals surface area contributed by atoms with Crippen LogP contribution in [0.25, 0.3) is 0 Å². The van der Waals surface area contributed by atoms with E-state index in [0.29, 0.717) is 0 Å². The maximum Gasteiger partial charge on any atom is 0.114 e. The number of aliphatic hydroxyl groups is 1. The quantitative estimate of drug-likeness (QED) is 0.399. The summed E-state index contributed by atoms with van der Waals surface area (Å²) in [5.41, 5.74) is 5.19. The molecule has 0 heterocycles. The molecule has 0 saturated heterocycles. The Labute approximate surface area is 60.8 Å². The predicted molar refractivity (Wildman–Crippen MR) is 40.3 cm³/mol. The summed E-state index contributed by atoms with van der Waals surface area (Å²) < 4.78 is 0. The van der Waals surface area contributed by atoms with Gasteiger partial charge in [0.1, 0.15) is 6.23 Å². The van der Waals surface area contributed by atoms with Crippen molar-refractivity contribution in [2.24, 2.45) is 11.7 Å². The molecule has 3 N–H and O–H groups in total. The monoisotopic (exact) mass is 147 g/mol. The van der Waals surface area contributed by atoms with Crippen molar-refractivity contribution in [1.82, 2.24) is 0 Å². The number of nitrogens with two attached hydrogens (primary N) is 1. The molecule has 0 spiro atoms. The van der Waals surface area contributed by atoms with Gasteiger partial charge < -0.3 is 10.8 Å². The first-order valence-electron chi connectivity index (χ1n) is 3.32. The van der Waals surface area contributed by atoms with Crippen LogP contribution in [0.15, 0.2) is 0 Å². The molecule has 0 amide bonds. The first kappa shape index (κ1) is 7.38. The maximum atomic E-state index is 8.80. The third-order valence-electron chi connectivity index (χ3n) is 1.67. The van der Waals surface area contributed by atoms with Gasteiger partial charge in [-0.1, -0.05) is 12.8 Å². The van der Waals surface area contributed by atoms with E-state index in [1.165, 1.54) is 12.8 Å². The highest BCUT2D eigenvalue weighted by atomic mass is 32.1. The minimum atomic E-state index is -0.742. The molecule has 1 aliphatic carbocycles. The van der Waals surface area contributed by atoms with E-state index in [-0.39, 0.29) is 5.25 Å². The Bertz CT molecular complexity index is 93.1. The zero-order valence-electron chi connectivity index (χ0n) is 5.33. The van der Waals surface area contributed by atoms with Gasteiger partial charge >= 0.3 is 0 Å². The zero-order chi connectivity index (χ0) is 6.85. The van der Waals surface area contributed by atoms with E-state index in [2.05, 4.69) is 12.6 Å². The molecule has 1 aliphatic rings. The molecule has 1 rings (SSSR count). The summed E-state index contributed by atoms with van der Waals surface area (Å²) in [5, 5.41) is 8.78. The highest BCUT2D eigenvalue weighted by Crippen LogP contribution is 2.34. The van der Waals surface area contributed by atoms with Crippen LogP contribution in [0.5, 0.6) is 0 Å². The molecule has 0 aromatic carbocycles. The Kier molecular flexibility index (Phi) is 2.38. The van der Waals surface area contributed by atoms with Crippen molar-refractivity contribution in [1.29, 1.82) is 0 Å². The normalized spacial score (nSPS) is 25.7. The van der Waals surface area contributed by atoms with Crippen molar-refractivity contribution in [3.63, 3.8) is 0 Å². The molecule has 0 aromatic heterocycles.